The Morgan fingerprint density at radius 2 is 1.67 bits per heavy atom. The maximum atomic E-state index is 13.1. The molecular formula is C26H30N4O10S2. The Morgan fingerprint density at radius 1 is 1.05 bits per heavy atom. The molecule has 42 heavy (non-hydrogen) atoms. The van der Waals surface area contributed by atoms with E-state index in [4.69, 9.17) is 19.9 Å². The Labute approximate surface area is 248 Å². The number of nitrogens with one attached hydrogen (secondary N) is 1. The number of hydrogen-bond acceptors (Lipinski definition) is 13. The molecule has 14 nitrogen and oxygen atoms in total. The van der Waals surface area contributed by atoms with Crippen molar-refractivity contribution in [3.05, 3.63) is 29.8 Å². The largest absolute Gasteiger partial charge is 0.508 e. The third kappa shape index (κ3) is 4.74. The summed E-state index contributed by atoms with van der Waals surface area (Å²) in [5, 5.41) is 11.2. The molecule has 7 atom stereocenters. The van der Waals surface area contributed by atoms with Gasteiger partial charge in [-0.2, -0.15) is 0 Å². The van der Waals surface area contributed by atoms with Gasteiger partial charge in [-0.3, -0.25) is 19.2 Å². The first-order valence-electron chi connectivity index (χ1n) is 13.0. The van der Waals surface area contributed by atoms with Gasteiger partial charge in [-0.25, -0.2) is 9.59 Å². The number of methoxy groups -OCH3 is 1. The first-order chi connectivity index (χ1) is 19.7. The van der Waals surface area contributed by atoms with Crippen LogP contribution in [0.25, 0.3) is 0 Å². The molecule has 0 aliphatic carbocycles. The number of ether oxygens (including phenoxy) is 3. The first kappa shape index (κ1) is 30.0. The van der Waals surface area contributed by atoms with Crippen molar-refractivity contribution < 1.29 is 48.1 Å². The lowest BCUT2D eigenvalue weighted by atomic mass is 9.95. The van der Waals surface area contributed by atoms with E-state index in [1.165, 1.54) is 59.9 Å². The van der Waals surface area contributed by atoms with E-state index in [0.717, 1.165) is 11.8 Å². The second-order valence-corrected chi connectivity index (χ2v) is 14.3. The SMILES string of the molecule is COC(=O)[C@]1(C)S[C@H]2CC(=O)N2[C@H]1C(=O)OCOC(=O)[C@@H]1N2C(=O)[C@@H](NC(=O)C(N)c3ccc(O)cc3)[C@H]2SC1(C)C. The predicted molar refractivity (Wildman–Crippen MR) is 147 cm³/mol. The first-order valence-corrected chi connectivity index (χ1v) is 14.7. The van der Waals surface area contributed by atoms with Crippen molar-refractivity contribution >= 4 is 59.2 Å². The summed E-state index contributed by atoms with van der Waals surface area (Å²) in [4.78, 5) is 79.1. The summed E-state index contributed by atoms with van der Waals surface area (Å²) in [5.74, 6) is -3.82. The molecule has 16 heteroatoms. The standard InChI is InChI=1S/C26H30N4O10S2/c1-25(2)17(30-20(34)16(21(30)42-25)28-19(33)15(27)11-5-7-12(31)8-6-11)22(35)39-10-40-23(36)18-26(3,24(37)38-4)41-14-9-13(32)29(14)18/h5-8,14-18,21,31H,9-10,27H2,1-4H3,(H,28,33)/t14-,15?,16+,17-,18-,21+,26+/m0/s1. The fraction of sp³-hybridized carbons (Fsp3) is 0.538. The van der Waals surface area contributed by atoms with Crippen LogP contribution >= 0.6 is 23.5 Å². The zero-order valence-electron chi connectivity index (χ0n) is 23.1. The number of rotatable bonds is 8. The molecule has 4 aliphatic heterocycles. The summed E-state index contributed by atoms with van der Waals surface area (Å²) in [6.07, 6.45) is 0.180. The van der Waals surface area contributed by atoms with Crippen LogP contribution in [0.5, 0.6) is 5.75 Å². The lowest BCUT2D eigenvalue weighted by molar-refractivity contribution is -0.182. The maximum absolute atomic E-state index is 13.1. The smallest absolute Gasteiger partial charge is 0.333 e. The molecule has 4 saturated heterocycles. The number of esters is 3. The van der Waals surface area contributed by atoms with Gasteiger partial charge in [0.2, 0.25) is 24.5 Å². The molecule has 4 aliphatic rings. The maximum Gasteiger partial charge on any atom is 0.333 e. The van der Waals surface area contributed by atoms with Crippen molar-refractivity contribution in [2.75, 3.05) is 13.9 Å². The van der Waals surface area contributed by atoms with Gasteiger partial charge in [-0.15, -0.1) is 23.5 Å². The Bertz CT molecular complexity index is 1360. The molecular weight excluding hydrogens is 592 g/mol. The molecule has 0 bridgehead atoms. The molecule has 1 aromatic rings. The van der Waals surface area contributed by atoms with Gasteiger partial charge in [-0.05, 0) is 38.5 Å². The number of carbonyl (C=O) groups is 6. The van der Waals surface area contributed by atoms with Gasteiger partial charge in [0.15, 0.2) is 6.04 Å². The fourth-order valence-corrected chi connectivity index (χ4v) is 8.91. The van der Waals surface area contributed by atoms with Crippen LogP contribution in [0.2, 0.25) is 0 Å². The summed E-state index contributed by atoms with van der Waals surface area (Å²) >= 11 is 2.44. The monoisotopic (exact) mass is 622 g/mol. The Morgan fingerprint density at radius 3 is 2.26 bits per heavy atom. The molecule has 4 N–H and O–H groups in total. The minimum absolute atomic E-state index is 0.0190. The summed E-state index contributed by atoms with van der Waals surface area (Å²) in [6.45, 7) is 4.19. The van der Waals surface area contributed by atoms with E-state index < -0.39 is 75.6 Å². The molecule has 0 radical (unpaired) electrons. The van der Waals surface area contributed by atoms with Crippen LogP contribution in [0.1, 0.15) is 38.8 Å². The second-order valence-electron chi connectivity index (χ2n) is 10.9. The van der Waals surface area contributed by atoms with Crippen LogP contribution < -0.4 is 11.1 Å². The van der Waals surface area contributed by atoms with E-state index in [-0.39, 0.29) is 23.5 Å². The molecule has 5 rings (SSSR count). The quantitative estimate of drug-likeness (QED) is 0.193. The molecule has 0 spiro atoms. The molecule has 0 aromatic heterocycles. The third-order valence-corrected chi connectivity index (χ3v) is 11.0. The van der Waals surface area contributed by atoms with Crippen molar-refractivity contribution in [1.82, 2.24) is 15.1 Å². The highest BCUT2D eigenvalue weighted by Gasteiger charge is 2.66. The van der Waals surface area contributed by atoms with Crippen LogP contribution in [-0.4, -0.2) is 103 Å². The second kappa shape index (κ2) is 10.6. The van der Waals surface area contributed by atoms with Crippen LogP contribution in [-0.2, 0) is 43.0 Å². The van der Waals surface area contributed by atoms with Gasteiger partial charge in [0, 0.05) is 4.75 Å². The number of phenols is 1. The molecule has 1 unspecified atom stereocenters. The van der Waals surface area contributed by atoms with Gasteiger partial charge >= 0.3 is 17.9 Å². The van der Waals surface area contributed by atoms with Crippen molar-refractivity contribution in [3.8, 4) is 5.75 Å². The lowest BCUT2D eigenvalue weighted by Crippen LogP contribution is -2.71. The van der Waals surface area contributed by atoms with Crippen molar-refractivity contribution in [3.63, 3.8) is 0 Å². The average molecular weight is 623 g/mol. The Kier molecular flexibility index (Phi) is 7.60. The lowest BCUT2D eigenvalue weighted by Gasteiger charge is -2.44. The number of fused-ring (bicyclic) bond motifs is 2. The fourth-order valence-electron chi connectivity index (χ4n) is 5.63. The number of carbonyl (C=O) groups excluding carboxylic acids is 6. The number of amides is 3. The van der Waals surface area contributed by atoms with Crippen LogP contribution in [0.15, 0.2) is 24.3 Å². The molecule has 3 amide bonds. The average Bonchev–Trinajstić information content (AvgIpc) is 3.35. The molecule has 0 saturated carbocycles. The number of phenolic OH excluding ortho intramolecular Hbond substituents is 1. The normalized spacial score (nSPS) is 31.2. The van der Waals surface area contributed by atoms with E-state index in [0.29, 0.717) is 5.56 Å². The predicted octanol–water partition coefficient (Wildman–Crippen LogP) is -0.411. The van der Waals surface area contributed by atoms with Crippen molar-refractivity contribution in [1.29, 1.82) is 0 Å². The zero-order valence-corrected chi connectivity index (χ0v) is 24.7. The van der Waals surface area contributed by atoms with Gasteiger partial charge in [0.05, 0.1) is 18.9 Å². The summed E-state index contributed by atoms with van der Waals surface area (Å²) in [5.41, 5.74) is 6.48. The topological polar surface area (TPSA) is 195 Å². The molecule has 1 aromatic carbocycles. The highest BCUT2D eigenvalue weighted by molar-refractivity contribution is 8.02. The van der Waals surface area contributed by atoms with Gasteiger partial charge in [-0.1, -0.05) is 12.1 Å². The van der Waals surface area contributed by atoms with Crippen molar-refractivity contribution in [2.24, 2.45) is 5.73 Å². The van der Waals surface area contributed by atoms with E-state index in [1.807, 2.05) is 0 Å². The molecule has 4 fully saturated rings. The summed E-state index contributed by atoms with van der Waals surface area (Å²) in [6, 6.07) is 1.50. The number of hydrogen-bond donors (Lipinski definition) is 3. The minimum Gasteiger partial charge on any atom is -0.508 e. The van der Waals surface area contributed by atoms with E-state index in [9.17, 15) is 33.9 Å². The summed E-state index contributed by atoms with van der Waals surface area (Å²) in [7, 11) is 1.18. The van der Waals surface area contributed by atoms with E-state index in [1.54, 1.807) is 13.8 Å². The minimum atomic E-state index is -1.39. The third-order valence-electron chi connectivity index (χ3n) is 7.84. The number of thioether (sulfide) groups is 2. The van der Waals surface area contributed by atoms with Gasteiger partial charge < -0.3 is 40.2 Å². The number of aromatic hydroxyl groups is 1. The Hall–Kier alpha value is -3.50. The number of β-lactam (4-membered cyclic amide) rings is 2. The Balaban J connectivity index is 1.19. The summed E-state index contributed by atoms with van der Waals surface area (Å²) < 4.78 is 13.1. The highest BCUT2D eigenvalue weighted by Crippen LogP contribution is 2.52. The number of nitrogens with zero attached hydrogens (tertiary/aromatic N) is 2. The van der Waals surface area contributed by atoms with Crippen LogP contribution in [0.4, 0.5) is 0 Å². The zero-order chi connectivity index (χ0) is 30.7. The van der Waals surface area contributed by atoms with E-state index >= 15 is 0 Å². The molecule has 4 heterocycles. The van der Waals surface area contributed by atoms with Gasteiger partial charge in [0.1, 0.15) is 34.0 Å². The van der Waals surface area contributed by atoms with Crippen LogP contribution in [0, 0.1) is 0 Å². The molecule has 226 valence electrons. The van der Waals surface area contributed by atoms with Gasteiger partial charge in [0.25, 0.3) is 0 Å². The van der Waals surface area contributed by atoms with E-state index in [2.05, 4.69) is 5.32 Å². The number of benzene rings is 1. The highest BCUT2D eigenvalue weighted by atomic mass is 32.2. The van der Waals surface area contributed by atoms with Crippen molar-refractivity contribution in [2.45, 2.75) is 71.6 Å². The van der Waals surface area contributed by atoms with Crippen LogP contribution in [0.3, 0.4) is 0 Å². The number of nitrogens with two attached hydrogens (primary N) is 1.